The molecule has 3 nitrogen and oxygen atoms in total. The van der Waals surface area contributed by atoms with Crippen LogP contribution in [0.4, 0.5) is 0 Å². The molecule has 2 aromatic carbocycles. The largest absolute Gasteiger partial charge is 0.388 e. The van der Waals surface area contributed by atoms with E-state index >= 15 is 0 Å². The van der Waals surface area contributed by atoms with Gasteiger partial charge in [-0.3, -0.25) is 4.79 Å². The van der Waals surface area contributed by atoms with Gasteiger partial charge in [-0.25, -0.2) is 0 Å². The zero-order valence-electron chi connectivity index (χ0n) is 11.5. The number of benzene rings is 2. The Kier molecular flexibility index (Phi) is 3.95. The molecule has 0 saturated carbocycles. The van der Waals surface area contributed by atoms with Crippen molar-refractivity contribution >= 4 is 17.5 Å². The average Bonchev–Trinajstić information content (AvgIpc) is 2.47. The zero-order chi connectivity index (χ0) is 14.8. The number of amides is 1. The fourth-order valence-electron chi connectivity index (χ4n) is 2.64. The third kappa shape index (κ3) is 3.09. The minimum atomic E-state index is -0.650. The molecule has 4 heteroatoms. The maximum Gasteiger partial charge on any atom is 0.251 e. The Morgan fingerprint density at radius 2 is 2.10 bits per heavy atom. The number of aliphatic hydroxyl groups is 1. The summed E-state index contributed by atoms with van der Waals surface area (Å²) < 4.78 is 0. The van der Waals surface area contributed by atoms with Crippen LogP contribution in [0.1, 0.15) is 33.2 Å². The number of aliphatic hydroxyl groups excluding tert-OH is 1. The number of carbonyl (C=O) groups excluding carboxylic acids is 1. The van der Waals surface area contributed by atoms with Gasteiger partial charge >= 0.3 is 0 Å². The molecule has 0 spiro atoms. The molecule has 1 aliphatic heterocycles. The second kappa shape index (κ2) is 5.88. The van der Waals surface area contributed by atoms with Gasteiger partial charge in [-0.1, -0.05) is 35.9 Å². The van der Waals surface area contributed by atoms with E-state index in [0.29, 0.717) is 23.6 Å². The van der Waals surface area contributed by atoms with Crippen molar-refractivity contribution < 1.29 is 9.90 Å². The summed E-state index contributed by atoms with van der Waals surface area (Å²) in [6.07, 6.45) is 0.663. The molecule has 0 fully saturated rings. The highest BCUT2D eigenvalue weighted by molar-refractivity contribution is 6.30. The summed E-state index contributed by atoms with van der Waals surface area (Å²) >= 11 is 5.95. The van der Waals surface area contributed by atoms with Gasteiger partial charge < -0.3 is 10.4 Å². The Labute approximate surface area is 128 Å². The first-order valence-electron chi connectivity index (χ1n) is 6.97. The first-order valence-corrected chi connectivity index (χ1v) is 7.35. The van der Waals surface area contributed by atoms with Gasteiger partial charge in [-0.05, 0) is 41.3 Å². The SMILES string of the molecule is O=C1NCCc2ccc(C(O)Cc3cccc(Cl)c3)cc21. The summed E-state index contributed by atoms with van der Waals surface area (Å²) in [7, 11) is 0. The van der Waals surface area contributed by atoms with Crippen molar-refractivity contribution in [2.75, 3.05) is 6.54 Å². The number of nitrogens with one attached hydrogen (secondary N) is 1. The van der Waals surface area contributed by atoms with E-state index in [0.717, 1.165) is 23.1 Å². The lowest BCUT2D eigenvalue weighted by atomic mass is 9.94. The third-order valence-electron chi connectivity index (χ3n) is 3.76. The van der Waals surface area contributed by atoms with Crippen LogP contribution in [0.25, 0.3) is 0 Å². The van der Waals surface area contributed by atoms with Crippen LogP contribution >= 0.6 is 11.6 Å². The molecule has 1 amide bonds. The lowest BCUT2D eigenvalue weighted by Crippen LogP contribution is -2.31. The molecule has 1 atom stereocenters. The number of hydrogen-bond donors (Lipinski definition) is 2. The van der Waals surface area contributed by atoms with Gasteiger partial charge in [0.05, 0.1) is 6.10 Å². The highest BCUT2D eigenvalue weighted by atomic mass is 35.5. The summed E-state index contributed by atoms with van der Waals surface area (Å²) in [6, 6.07) is 13.1. The molecular formula is C17H16ClNO2. The van der Waals surface area contributed by atoms with Crippen LogP contribution in [0, 0.1) is 0 Å². The van der Waals surface area contributed by atoms with Gasteiger partial charge in [0.15, 0.2) is 0 Å². The first kappa shape index (κ1) is 14.1. The second-order valence-electron chi connectivity index (χ2n) is 5.27. The van der Waals surface area contributed by atoms with Crippen LogP contribution in [0.5, 0.6) is 0 Å². The van der Waals surface area contributed by atoms with E-state index < -0.39 is 6.10 Å². The summed E-state index contributed by atoms with van der Waals surface area (Å²) in [6.45, 7) is 0.677. The predicted molar refractivity (Wildman–Crippen MR) is 82.6 cm³/mol. The molecule has 1 aliphatic rings. The fourth-order valence-corrected chi connectivity index (χ4v) is 2.85. The molecule has 0 bridgehead atoms. The number of rotatable bonds is 3. The van der Waals surface area contributed by atoms with Crippen LogP contribution in [0.3, 0.4) is 0 Å². The quantitative estimate of drug-likeness (QED) is 0.916. The Morgan fingerprint density at radius 3 is 2.90 bits per heavy atom. The van der Waals surface area contributed by atoms with Crippen molar-refractivity contribution in [2.24, 2.45) is 0 Å². The standard InChI is InChI=1S/C17H16ClNO2/c18-14-3-1-2-11(8-14)9-16(20)13-5-4-12-6-7-19-17(21)15(12)10-13/h1-5,8,10,16,20H,6-7,9H2,(H,19,21). The van der Waals surface area contributed by atoms with E-state index in [2.05, 4.69) is 5.32 Å². The minimum Gasteiger partial charge on any atom is -0.388 e. The molecule has 108 valence electrons. The molecule has 2 N–H and O–H groups in total. The normalized spacial score (nSPS) is 15.2. The van der Waals surface area contributed by atoms with Crippen LogP contribution in [-0.2, 0) is 12.8 Å². The Morgan fingerprint density at radius 1 is 1.24 bits per heavy atom. The first-order chi connectivity index (χ1) is 10.1. The monoisotopic (exact) mass is 301 g/mol. The van der Waals surface area contributed by atoms with Crippen molar-refractivity contribution in [2.45, 2.75) is 18.9 Å². The molecule has 3 rings (SSSR count). The Hall–Kier alpha value is -1.84. The summed E-state index contributed by atoms with van der Waals surface area (Å²) in [5.41, 5.74) is 3.43. The molecule has 1 unspecified atom stereocenters. The molecule has 0 aliphatic carbocycles. The minimum absolute atomic E-state index is 0.0620. The fraction of sp³-hybridized carbons (Fsp3) is 0.235. The second-order valence-corrected chi connectivity index (χ2v) is 5.71. The van der Waals surface area contributed by atoms with Crippen molar-refractivity contribution in [3.8, 4) is 0 Å². The van der Waals surface area contributed by atoms with Crippen LogP contribution in [0.15, 0.2) is 42.5 Å². The summed E-state index contributed by atoms with van der Waals surface area (Å²) in [4.78, 5) is 11.9. The molecule has 21 heavy (non-hydrogen) atoms. The average molecular weight is 302 g/mol. The highest BCUT2D eigenvalue weighted by Gasteiger charge is 2.18. The molecule has 2 aromatic rings. The third-order valence-corrected chi connectivity index (χ3v) is 4.00. The van der Waals surface area contributed by atoms with E-state index in [1.807, 2.05) is 30.3 Å². The van der Waals surface area contributed by atoms with E-state index in [-0.39, 0.29) is 5.91 Å². The number of carbonyl (C=O) groups is 1. The van der Waals surface area contributed by atoms with Crippen molar-refractivity contribution in [3.63, 3.8) is 0 Å². The molecule has 0 radical (unpaired) electrons. The summed E-state index contributed by atoms with van der Waals surface area (Å²) in [5, 5.41) is 13.9. The van der Waals surface area contributed by atoms with Crippen LogP contribution in [-0.4, -0.2) is 17.6 Å². The van der Waals surface area contributed by atoms with Gasteiger partial charge in [-0.15, -0.1) is 0 Å². The van der Waals surface area contributed by atoms with E-state index in [9.17, 15) is 9.90 Å². The van der Waals surface area contributed by atoms with Crippen LogP contribution in [0.2, 0.25) is 5.02 Å². The van der Waals surface area contributed by atoms with E-state index in [1.165, 1.54) is 0 Å². The predicted octanol–water partition coefficient (Wildman–Crippen LogP) is 2.90. The maximum absolute atomic E-state index is 11.9. The van der Waals surface area contributed by atoms with E-state index in [1.54, 1.807) is 12.1 Å². The number of fused-ring (bicyclic) bond motifs is 1. The van der Waals surface area contributed by atoms with Crippen molar-refractivity contribution in [1.82, 2.24) is 5.32 Å². The topological polar surface area (TPSA) is 49.3 Å². The lowest BCUT2D eigenvalue weighted by Gasteiger charge is -2.19. The maximum atomic E-state index is 11.9. The molecule has 0 saturated heterocycles. The summed E-state index contributed by atoms with van der Waals surface area (Å²) in [5.74, 6) is -0.0620. The van der Waals surface area contributed by atoms with Gasteiger partial charge in [0.2, 0.25) is 0 Å². The molecule has 1 heterocycles. The molecular weight excluding hydrogens is 286 g/mol. The van der Waals surface area contributed by atoms with Gasteiger partial charge in [0, 0.05) is 23.6 Å². The van der Waals surface area contributed by atoms with Crippen LogP contribution < -0.4 is 5.32 Å². The van der Waals surface area contributed by atoms with Gasteiger partial charge in [-0.2, -0.15) is 0 Å². The Bertz CT molecular complexity index is 684. The smallest absolute Gasteiger partial charge is 0.251 e. The van der Waals surface area contributed by atoms with Crippen molar-refractivity contribution in [3.05, 3.63) is 69.7 Å². The lowest BCUT2D eigenvalue weighted by molar-refractivity contribution is 0.0945. The number of halogens is 1. The van der Waals surface area contributed by atoms with Gasteiger partial charge in [0.1, 0.15) is 0 Å². The molecule has 0 aromatic heterocycles. The number of hydrogen-bond acceptors (Lipinski definition) is 2. The Balaban J connectivity index is 1.83. The zero-order valence-corrected chi connectivity index (χ0v) is 12.2. The van der Waals surface area contributed by atoms with Crippen molar-refractivity contribution in [1.29, 1.82) is 0 Å². The van der Waals surface area contributed by atoms with Gasteiger partial charge in [0.25, 0.3) is 5.91 Å². The highest BCUT2D eigenvalue weighted by Crippen LogP contribution is 2.24. The van der Waals surface area contributed by atoms with E-state index in [4.69, 9.17) is 11.6 Å².